The number of anilines is 1. The van der Waals surface area contributed by atoms with Crippen LogP contribution in [0.25, 0.3) is 0 Å². The molecule has 0 saturated carbocycles. The number of carbonyl (C=O) groups is 1. The lowest BCUT2D eigenvalue weighted by atomic mass is 10.2. The summed E-state index contributed by atoms with van der Waals surface area (Å²) in [6.07, 6.45) is 0. The highest BCUT2D eigenvalue weighted by molar-refractivity contribution is 14.0. The SMILES string of the molecule is CCNC(=NCC(=O)N1CCN(c2ccccc2)CC1)NCC.I. The standard InChI is InChI=1S/C17H27N5O.HI/c1-3-18-17(19-4-2)20-14-16(23)22-12-10-21(11-13-22)15-8-6-5-7-9-15;/h5-9H,3-4,10-14H2,1-2H3,(H2,18,19,20);1H. The van der Waals surface area contributed by atoms with Crippen molar-refractivity contribution >= 4 is 41.5 Å². The van der Waals surface area contributed by atoms with Crippen molar-refractivity contribution < 1.29 is 4.79 Å². The fraction of sp³-hybridized carbons (Fsp3) is 0.529. The van der Waals surface area contributed by atoms with Gasteiger partial charge in [-0.05, 0) is 26.0 Å². The number of halogens is 1. The van der Waals surface area contributed by atoms with E-state index in [4.69, 9.17) is 0 Å². The topological polar surface area (TPSA) is 60.0 Å². The zero-order valence-electron chi connectivity index (χ0n) is 14.5. The Hall–Kier alpha value is -1.51. The van der Waals surface area contributed by atoms with E-state index in [2.05, 4.69) is 32.7 Å². The van der Waals surface area contributed by atoms with Gasteiger partial charge in [0.1, 0.15) is 6.54 Å². The van der Waals surface area contributed by atoms with Gasteiger partial charge in [-0.25, -0.2) is 4.99 Å². The summed E-state index contributed by atoms with van der Waals surface area (Å²) in [6.45, 7) is 9.03. The number of aliphatic imine (C=N–C) groups is 1. The molecule has 1 aromatic carbocycles. The van der Waals surface area contributed by atoms with Crippen LogP contribution in [0.4, 0.5) is 5.69 Å². The average Bonchev–Trinajstić information content (AvgIpc) is 2.61. The first kappa shape index (κ1) is 20.5. The minimum Gasteiger partial charge on any atom is -0.368 e. The van der Waals surface area contributed by atoms with Crippen LogP contribution >= 0.6 is 24.0 Å². The summed E-state index contributed by atoms with van der Waals surface area (Å²) in [5, 5.41) is 6.26. The van der Waals surface area contributed by atoms with Crippen molar-refractivity contribution in [2.75, 3.05) is 50.7 Å². The molecule has 2 N–H and O–H groups in total. The summed E-state index contributed by atoms with van der Waals surface area (Å²) in [6, 6.07) is 10.3. The Balaban J connectivity index is 0.00000288. The van der Waals surface area contributed by atoms with Crippen LogP contribution in [0, 0.1) is 0 Å². The van der Waals surface area contributed by atoms with Crippen LogP contribution in [0.3, 0.4) is 0 Å². The first-order chi connectivity index (χ1) is 11.2. The van der Waals surface area contributed by atoms with Gasteiger partial charge < -0.3 is 20.4 Å². The fourth-order valence-electron chi connectivity index (χ4n) is 2.61. The Morgan fingerprint density at radius 1 is 1.04 bits per heavy atom. The first-order valence-electron chi connectivity index (χ1n) is 8.34. The van der Waals surface area contributed by atoms with E-state index in [1.807, 2.05) is 36.9 Å². The molecule has 1 aliphatic rings. The second-order valence-electron chi connectivity index (χ2n) is 5.43. The quantitative estimate of drug-likeness (QED) is 0.410. The van der Waals surface area contributed by atoms with Crippen molar-refractivity contribution in [2.45, 2.75) is 13.8 Å². The maximum atomic E-state index is 12.3. The first-order valence-corrected chi connectivity index (χ1v) is 8.34. The third kappa shape index (κ3) is 6.18. The third-order valence-electron chi connectivity index (χ3n) is 3.81. The smallest absolute Gasteiger partial charge is 0.244 e. The molecule has 0 aliphatic carbocycles. The Kier molecular flexibility index (Phi) is 9.51. The Morgan fingerprint density at radius 3 is 2.17 bits per heavy atom. The third-order valence-corrected chi connectivity index (χ3v) is 3.81. The predicted molar refractivity (Wildman–Crippen MR) is 110 cm³/mol. The normalized spacial score (nSPS) is 13.8. The van der Waals surface area contributed by atoms with E-state index < -0.39 is 0 Å². The molecule has 7 heteroatoms. The van der Waals surface area contributed by atoms with Gasteiger partial charge in [0.05, 0.1) is 0 Å². The molecule has 1 aliphatic heterocycles. The Bertz CT molecular complexity index is 507. The molecule has 0 radical (unpaired) electrons. The van der Waals surface area contributed by atoms with Crippen molar-refractivity contribution in [3.05, 3.63) is 30.3 Å². The average molecular weight is 445 g/mol. The lowest BCUT2D eigenvalue weighted by Gasteiger charge is -2.36. The minimum atomic E-state index is 0. The largest absolute Gasteiger partial charge is 0.368 e. The van der Waals surface area contributed by atoms with Crippen LogP contribution < -0.4 is 15.5 Å². The zero-order valence-corrected chi connectivity index (χ0v) is 16.8. The number of para-hydroxylation sites is 1. The van der Waals surface area contributed by atoms with Gasteiger partial charge in [0.2, 0.25) is 5.91 Å². The summed E-state index contributed by atoms with van der Waals surface area (Å²) in [4.78, 5) is 20.9. The molecule has 0 bridgehead atoms. The highest BCUT2D eigenvalue weighted by Gasteiger charge is 2.20. The van der Waals surface area contributed by atoms with Crippen LogP contribution in [0.2, 0.25) is 0 Å². The van der Waals surface area contributed by atoms with E-state index in [0.717, 1.165) is 39.3 Å². The van der Waals surface area contributed by atoms with Gasteiger partial charge in [0.25, 0.3) is 0 Å². The molecule has 0 atom stereocenters. The maximum absolute atomic E-state index is 12.3. The molecular weight excluding hydrogens is 417 g/mol. The lowest BCUT2D eigenvalue weighted by Crippen LogP contribution is -2.49. The van der Waals surface area contributed by atoms with Crippen LogP contribution in [0.15, 0.2) is 35.3 Å². The van der Waals surface area contributed by atoms with E-state index in [0.29, 0.717) is 5.96 Å². The number of rotatable bonds is 5. The molecule has 1 fully saturated rings. The Labute approximate surface area is 161 Å². The number of carbonyl (C=O) groups excluding carboxylic acids is 1. The van der Waals surface area contributed by atoms with Crippen molar-refractivity contribution in [2.24, 2.45) is 4.99 Å². The monoisotopic (exact) mass is 445 g/mol. The van der Waals surface area contributed by atoms with E-state index >= 15 is 0 Å². The van der Waals surface area contributed by atoms with Gasteiger partial charge in [-0.2, -0.15) is 0 Å². The molecule has 1 aromatic rings. The summed E-state index contributed by atoms with van der Waals surface area (Å²) in [7, 11) is 0. The zero-order chi connectivity index (χ0) is 16.5. The second-order valence-corrected chi connectivity index (χ2v) is 5.43. The highest BCUT2D eigenvalue weighted by atomic mass is 127. The molecule has 1 amide bonds. The summed E-state index contributed by atoms with van der Waals surface area (Å²) < 4.78 is 0. The molecular formula is C17H28IN5O. The van der Waals surface area contributed by atoms with E-state index in [-0.39, 0.29) is 36.4 Å². The summed E-state index contributed by atoms with van der Waals surface area (Å²) in [5.74, 6) is 0.789. The maximum Gasteiger partial charge on any atom is 0.244 e. The van der Waals surface area contributed by atoms with Gasteiger partial charge in [-0.3, -0.25) is 4.79 Å². The number of guanidine groups is 1. The Morgan fingerprint density at radius 2 is 1.62 bits per heavy atom. The van der Waals surface area contributed by atoms with Crippen molar-refractivity contribution in [3.8, 4) is 0 Å². The minimum absolute atomic E-state index is 0. The molecule has 134 valence electrons. The highest BCUT2D eigenvalue weighted by Crippen LogP contribution is 2.15. The van der Waals surface area contributed by atoms with Gasteiger partial charge in [-0.15, -0.1) is 24.0 Å². The predicted octanol–water partition coefficient (Wildman–Crippen LogP) is 1.53. The van der Waals surface area contributed by atoms with E-state index in [9.17, 15) is 4.79 Å². The number of nitrogens with one attached hydrogen (secondary N) is 2. The van der Waals surface area contributed by atoms with Gasteiger partial charge in [0, 0.05) is 45.0 Å². The van der Waals surface area contributed by atoms with Gasteiger partial charge in [0.15, 0.2) is 5.96 Å². The molecule has 24 heavy (non-hydrogen) atoms. The molecule has 2 rings (SSSR count). The summed E-state index contributed by atoms with van der Waals surface area (Å²) >= 11 is 0. The number of hydrogen-bond donors (Lipinski definition) is 2. The summed E-state index contributed by atoms with van der Waals surface area (Å²) in [5.41, 5.74) is 1.22. The molecule has 0 unspecified atom stereocenters. The number of benzene rings is 1. The fourth-order valence-corrected chi connectivity index (χ4v) is 2.61. The number of hydrogen-bond acceptors (Lipinski definition) is 3. The van der Waals surface area contributed by atoms with Crippen molar-refractivity contribution in [1.82, 2.24) is 15.5 Å². The van der Waals surface area contributed by atoms with E-state index in [1.54, 1.807) is 0 Å². The number of nitrogens with zero attached hydrogens (tertiary/aromatic N) is 3. The molecule has 0 spiro atoms. The van der Waals surface area contributed by atoms with E-state index in [1.165, 1.54) is 5.69 Å². The van der Waals surface area contributed by atoms with Gasteiger partial charge in [-0.1, -0.05) is 18.2 Å². The van der Waals surface area contributed by atoms with Crippen molar-refractivity contribution in [1.29, 1.82) is 0 Å². The van der Waals surface area contributed by atoms with Crippen LogP contribution in [0.1, 0.15) is 13.8 Å². The van der Waals surface area contributed by atoms with Crippen molar-refractivity contribution in [3.63, 3.8) is 0 Å². The molecule has 1 saturated heterocycles. The van der Waals surface area contributed by atoms with Crippen LogP contribution in [-0.2, 0) is 4.79 Å². The molecule has 0 aromatic heterocycles. The number of amides is 1. The van der Waals surface area contributed by atoms with Crippen LogP contribution in [0.5, 0.6) is 0 Å². The number of piperazine rings is 1. The second kappa shape index (κ2) is 11.1. The molecule has 6 nitrogen and oxygen atoms in total. The van der Waals surface area contributed by atoms with Gasteiger partial charge >= 0.3 is 0 Å². The molecule has 1 heterocycles. The lowest BCUT2D eigenvalue weighted by molar-refractivity contribution is -0.129. The van der Waals surface area contributed by atoms with Crippen LogP contribution in [-0.4, -0.2) is 62.6 Å².